The summed E-state index contributed by atoms with van der Waals surface area (Å²) < 4.78 is 25.3. The van der Waals surface area contributed by atoms with Gasteiger partial charge in [0.15, 0.2) is 0 Å². The summed E-state index contributed by atoms with van der Waals surface area (Å²) in [6.07, 6.45) is -0.0479. The fourth-order valence-electron chi connectivity index (χ4n) is 3.67. The second-order valence-electron chi connectivity index (χ2n) is 8.92. The number of hydrogen-bond acceptors (Lipinski definition) is 6. The molecule has 0 aliphatic carbocycles. The Kier molecular flexibility index (Phi) is 8.08. The van der Waals surface area contributed by atoms with Crippen molar-refractivity contribution in [3.63, 3.8) is 0 Å². The average molecular weight is 499 g/mol. The minimum atomic E-state index is -2.00. The minimum Gasteiger partial charge on any atom is -0.399 e. The number of rotatable bonds is 11. The van der Waals surface area contributed by atoms with E-state index in [-0.39, 0.29) is 0 Å². The van der Waals surface area contributed by atoms with Crippen LogP contribution in [-0.2, 0) is 6.42 Å². The molecule has 0 aliphatic rings. The fourth-order valence-corrected chi connectivity index (χ4v) is 3.67. The summed E-state index contributed by atoms with van der Waals surface area (Å²) in [6.45, 7) is 6.46. The smallest absolute Gasteiger partial charge is 0.399 e. The first-order chi connectivity index (χ1) is 17.9. The molecule has 0 saturated heterocycles. The van der Waals surface area contributed by atoms with Crippen molar-refractivity contribution in [2.45, 2.75) is 45.7 Å². The number of anilines is 2. The van der Waals surface area contributed by atoms with Gasteiger partial charge in [-0.3, -0.25) is 0 Å². The van der Waals surface area contributed by atoms with Gasteiger partial charge in [0.1, 0.15) is 23.0 Å². The molecule has 0 aliphatic heterocycles. The van der Waals surface area contributed by atoms with Crippen molar-refractivity contribution in [1.29, 1.82) is 0 Å². The van der Waals surface area contributed by atoms with Gasteiger partial charge in [-0.25, -0.2) is 0 Å². The molecular formula is C31H34N2O4. The molecule has 4 rings (SSSR count). The highest BCUT2D eigenvalue weighted by molar-refractivity contribution is 5.43. The lowest BCUT2D eigenvalue weighted by Crippen LogP contribution is -2.53. The Morgan fingerprint density at radius 3 is 1.27 bits per heavy atom. The number of hydrogen-bond donors (Lipinski definition) is 2. The zero-order valence-electron chi connectivity index (χ0n) is 21.5. The minimum absolute atomic E-state index is 0.434. The van der Waals surface area contributed by atoms with E-state index in [2.05, 4.69) is 20.8 Å². The van der Waals surface area contributed by atoms with Crippen LogP contribution < -0.4 is 30.4 Å². The normalized spacial score (nSPS) is 12.0. The standard InChI is InChI=1S/C31H34N2O4/c1-4-22(3)24-8-16-28(17-9-24)35-31(36-29-18-10-25(32)11-19-29,37-30-20-12-26(33)13-21-30)34-27-14-6-23(5-2)7-15-27/h6-22H,4-5,32-33H2,1-3H3. The first-order valence-electron chi connectivity index (χ1n) is 12.5. The molecule has 37 heavy (non-hydrogen) atoms. The molecule has 4 aromatic carbocycles. The summed E-state index contributed by atoms with van der Waals surface area (Å²) in [5.41, 5.74) is 15.4. The average Bonchev–Trinajstić information content (AvgIpc) is 2.92. The first kappa shape index (κ1) is 25.8. The topological polar surface area (TPSA) is 89.0 Å². The highest BCUT2D eigenvalue weighted by Crippen LogP contribution is 2.31. The number of benzene rings is 4. The Morgan fingerprint density at radius 2 is 0.919 bits per heavy atom. The monoisotopic (exact) mass is 498 g/mol. The summed E-state index contributed by atoms with van der Waals surface area (Å²) >= 11 is 0. The van der Waals surface area contributed by atoms with Crippen LogP contribution >= 0.6 is 0 Å². The van der Waals surface area contributed by atoms with E-state index >= 15 is 0 Å². The van der Waals surface area contributed by atoms with Gasteiger partial charge < -0.3 is 30.4 Å². The van der Waals surface area contributed by atoms with Crippen molar-refractivity contribution >= 4 is 11.4 Å². The lowest BCUT2D eigenvalue weighted by molar-refractivity contribution is -0.367. The third kappa shape index (κ3) is 6.88. The number of nitrogen functional groups attached to an aromatic ring is 2. The van der Waals surface area contributed by atoms with Crippen LogP contribution in [0.15, 0.2) is 97.1 Å². The molecule has 1 atom stereocenters. The fraction of sp³-hybridized carbons (Fsp3) is 0.226. The lowest BCUT2D eigenvalue weighted by Gasteiger charge is -2.32. The number of aryl methyl sites for hydroxylation is 1. The van der Waals surface area contributed by atoms with Gasteiger partial charge in [0.25, 0.3) is 0 Å². The van der Waals surface area contributed by atoms with Crippen molar-refractivity contribution in [1.82, 2.24) is 0 Å². The molecular weight excluding hydrogens is 464 g/mol. The molecule has 1 unspecified atom stereocenters. The van der Waals surface area contributed by atoms with E-state index in [0.717, 1.165) is 12.8 Å². The number of ether oxygens (including phenoxy) is 4. The molecule has 6 heteroatoms. The highest BCUT2D eigenvalue weighted by atomic mass is 17.0. The van der Waals surface area contributed by atoms with Gasteiger partial charge in [-0.2, -0.15) is 0 Å². The zero-order valence-corrected chi connectivity index (χ0v) is 21.5. The first-order valence-corrected chi connectivity index (χ1v) is 12.5. The van der Waals surface area contributed by atoms with E-state index in [1.54, 1.807) is 48.5 Å². The molecule has 0 radical (unpaired) electrons. The summed E-state index contributed by atoms with van der Waals surface area (Å²) in [5.74, 6) is 2.36. The maximum Gasteiger partial charge on any atom is 0.611 e. The van der Waals surface area contributed by atoms with Crippen LogP contribution in [0.3, 0.4) is 0 Å². The summed E-state index contributed by atoms with van der Waals surface area (Å²) in [7, 11) is 0. The Morgan fingerprint density at radius 1 is 0.568 bits per heavy atom. The molecule has 0 saturated carbocycles. The second-order valence-corrected chi connectivity index (χ2v) is 8.92. The largest absolute Gasteiger partial charge is 0.611 e. The van der Waals surface area contributed by atoms with E-state index < -0.39 is 6.16 Å². The van der Waals surface area contributed by atoms with Crippen molar-refractivity contribution in [2.75, 3.05) is 11.5 Å². The molecule has 4 N–H and O–H groups in total. The maximum atomic E-state index is 6.37. The summed E-state index contributed by atoms with van der Waals surface area (Å²) in [6, 6.07) is 29.4. The summed E-state index contributed by atoms with van der Waals surface area (Å²) in [4.78, 5) is 0. The van der Waals surface area contributed by atoms with Gasteiger partial charge in [-0.1, -0.05) is 45.0 Å². The van der Waals surface area contributed by atoms with E-state index in [0.29, 0.717) is 40.3 Å². The van der Waals surface area contributed by atoms with Crippen LogP contribution in [0.2, 0.25) is 0 Å². The Hall–Kier alpha value is -4.32. The molecule has 192 valence electrons. The second kappa shape index (κ2) is 11.6. The van der Waals surface area contributed by atoms with Crippen LogP contribution in [0.1, 0.15) is 44.2 Å². The zero-order chi connectivity index (χ0) is 26.3. The molecule has 0 heterocycles. The Bertz CT molecular complexity index is 1210. The van der Waals surface area contributed by atoms with Gasteiger partial charge >= 0.3 is 6.16 Å². The van der Waals surface area contributed by atoms with E-state index in [9.17, 15) is 0 Å². The van der Waals surface area contributed by atoms with Gasteiger partial charge in [0.2, 0.25) is 0 Å². The number of nitrogens with two attached hydrogens (primary N) is 2. The lowest BCUT2D eigenvalue weighted by atomic mass is 9.99. The van der Waals surface area contributed by atoms with Gasteiger partial charge in [0, 0.05) is 11.4 Å². The molecule has 0 aromatic heterocycles. The van der Waals surface area contributed by atoms with Crippen LogP contribution in [-0.4, -0.2) is 6.16 Å². The molecule has 0 amide bonds. The third-order valence-electron chi connectivity index (χ3n) is 6.12. The predicted molar refractivity (Wildman–Crippen MR) is 148 cm³/mol. The third-order valence-corrected chi connectivity index (χ3v) is 6.12. The van der Waals surface area contributed by atoms with E-state index in [1.807, 2.05) is 48.5 Å². The molecule has 0 bridgehead atoms. The van der Waals surface area contributed by atoms with Gasteiger partial charge in [-0.15, -0.1) is 0 Å². The molecule has 0 fully saturated rings. The van der Waals surface area contributed by atoms with Crippen LogP contribution in [0, 0.1) is 0 Å². The predicted octanol–water partition coefficient (Wildman–Crippen LogP) is 7.15. The Balaban J connectivity index is 1.75. The SMILES string of the molecule is CCc1ccc(OC(Oc2ccc(N)cc2)(Oc2ccc(N)cc2)Oc2ccc(C(C)CC)cc2)cc1. The van der Waals surface area contributed by atoms with Crippen LogP contribution in [0.4, 0.5) is 11.4 Å². The van der Waals surface area contributed by atoms with Gasteiger partial charge in [-0.05, 0) is 103 Å². The Labute approximate surface area is 218 Å². The molecule has 4 aromatic rings. The maximum absolute atomic E-state index is 6.37. The van der Waals surface area contributed by atoms with Crippen LogP contribution in [0.25, 0.3) is 0 Å². The molecule has 0 spiro atoms. The van der Waals surface area contributed by atoms with E-state index in [4.69, 9.17) is 30.4 Å². The molecule has 6 nitrogen and oxygen atoms in total. The van der Waals surface area contributed by atoms with Crippen molar-refractivity contribution in [2.24, 2.45) is 0 Å². The van der Waals surface area contributed by atoms with E-state index in [1.165, 1.54) is 11.1 Å². The van der Waals surface area contributed by atoms with Crippen LogP contribution in [0.5, 0.6) is 23.0 Å². The van der Waals surface area contributed by atoms with Crippen molar-refractivity contribution < 1.29 is 18.9 Å². The van der Waals surface area contributed by atoms with Crippen molar-refractivity contribution in [3.05, 3.63) is 108 Å². The highest BCUT2D eigenvalue weighted by Gasteiger charge is 2.44. The quantitative estimate of drug-likeness (QED) is 0.169. The van der Waals surface area contributed by atoms with Gasteiger partial charge in [0.05, 0.1) is 0 Å². The summed E-state index contributed by atoms with van der Waals surface area (Å²) in [5, 5.41) is 0. The van der Waals surface area contributed by atoms with Crippen molar-refractivity contribution in [3.8, 4) is 23.0 Å².